The topological polar surface area (TPSA) is 93.8 Å². The maximum Gasteiger partial charge on any atom is 0.156 e. The molecule has 0 unspecified atom stereocenters. The van der Waals surface area contributed by atoms with Gasteiger partial charge in [-0.05, 0) is 54.2 Å². The fourth-order valence-corrected chi connectivity index (χ4v) is 5.05. The van der Waals surface area contributed by atoms with Gasteiger partial charge in [-0.15, -0.1) is 0 Å². The number of nitrogens with zero attached hydrogens (tertiary/aromatic N) is 2. The van der Waals surface area contributed by atoms with Crippen molar-refractivity contribution in [3.63, 3.8) is 0 Å². The highest BCUT2D eigenvalue weighted by Crippen LogP contribution is 2.30. The molecule has 0 bridgehead atoms. The minimum absolute atomic E-state index is 0.253. The molecule has 2 aromatic carbocycles. The first-order valence-electron chi connectivity index (χ1n) is 12.0. The molecule has 176 valence electrons. The van der Waals surface area contributed by atoms with E-state index in [-0.39, 0.29) is 11.5 Å². The van der Waals surface area contributed by atoms with Crippen molar-refractivity contribution < 1.29 is 4.39 Å². The predicted molar refractivity (Wildman–Crippen MR) is 134 cm³/mol. The Morgan fingerprint density at radius 3 is 2.74 bits per heavy atom. The van der Waals surface area contributed by atoms with E-state index in [4.69, 9.17) is 16.1 Å². The maximum absolute atomic E-state index is 13.9. The Morgan fingerprint density at radius 2 is 2.03 bits per heavy atom. The quantitative estimate of drug-likeness (QED) is 0.293. The molecule has 34 heavy (non-hydrogen) atoms. The Bertz CT molecular complexity index is 1230. The molecule has 6 nitrogen and oxygen atoms in total. The van der Waals surface area contributed by atoms with Crippen LogP contribution in [-0.4, -0.2) is 26.6 Å². The van der Waals surface area contributed by atoms with E-state index in [1.165, 1.54) is 37.8 Å². The third-order valence-corrected chi connectivity index (χ3v) is 6.98. The van der Waals surface area contributed by atoms with Crippen LogP contribution in [0.4, 0.5) is 10.1 Å². The third kappa shape index (κ3) is 4.18. The molecule has 1 aliphatic carbocycles. The van der Waals surface area contributed by atoms with Crippen molar-refractivity contribution in [2.24, 2.45) is 0 Å². The number of aromatic nitrogens is 2. The van der Waals surface area contributed by atoms with Gasteiger partial charge in [0.15, 0.2) is 5.82 Å². The summed E-state index contributed by atoms with van der Waals surface area (Å²) in [4.78, 5) is 10.2. The van der Waals surface area contributed by atoms with E-state index in [9.17, 15) is 4.39 Å². The zero-order chi connectivity index (χ0) is 23.8. The summed E-state index contributed by atoms with van der Waals surface area (Å²) in [6.07, 6.45) is 5.77. The lowest BCUT2D eigenvalue weighted by Crippen LogP contribution is -2.33. The van der Waals surface area contributed by atoms with E-state index in [0.29, 0.717) is 36.2 Å². The minimum Gasteiger partial charge on any atom is -0.398 e. The van der Waals surface area contributed by atoms with Crippen molar-refractivity contribution in [1.82, 2.24) is 20.2 Å². The number of halogens is 1. The monoisotopic (exact) mass is 458 g/mol. The number of nitrogens with one attached hydrogen (secondary N) is 3. The third-order valence-electron chi connectivity index (χ3n) is 6.98. The fraction of sp³-hybridized carbons (Fsp3) is 0.333. The Kier molecular flexibility index (Phi) is 5.86. The summed E-state index contributed by atoms with van der Waals surface area (Å²) in [6, 6.07) is 10.9. The van der Waals surface area contributed by atoms with Gasteiger partial charge in [0, 0.05) is 17.3 Å². The predicted octanol–water partition coefficient (Wildman–Crippen LogP) is 5.10. The number of H-pyrrole nitrogens is 1. The van der Waals surface area contributed by atoms with Gasteiger partial charge < -0.3 is 20.9 Å². The molecule has 5 N–H and O–H groups in total. The number of nitrogens with two attached hydrogens (primary N) is 1. The number of aryl methyl sites for hydroxylation is 1. The highest BCUT2D eigenvalue weighted by molar-refractivity contribution is 6.12. The molecule has 2 aliphatic rings. The molecule has 0 spiro atoms. The van der Waals surface area contributed by atoms with Crippen molar-refractivity contribution in [2.75, 3.05) is 5.73 Å². The second-order valence-corrected chi connectivity index (χ2v) is 9.27. The first-order valence-corrected chi connectivity index (χ1v) is 12.0. The van der Waals surface area contributed by atoms with Crippen LogP contribution in [0.3, 0.4) is 0 Å². The van der Waals surface area contributed by atoms with Crippen molar-refractivity contribution in [3.05, 3.63) is 83.0 Å². The van der Waals surface area contributed by atoms with Gasteiger partial charge in [0.05, 0.1) is 30.3 Å². The molecular formula is C27H31FN6. The summed E-state index contributed by atoms with van der Waals surface area (Å²) < 4.78 is 13.9. The van der Waals surface area contributed by atoms with Gasteiger partial charge in [0.25, 0.3) is 0 Å². The standard InChI is InChI=1S/C27H31FN6/c1-3-17-8-10-19(28)13-22(17)18-9-11-21(23(29)12-18)26(30)27-32-24-14-34(15-25(24)33-27)16(2)31-20-6-4-5-7-20/h8-13,20,30-31H,2-7,14-15,29H2,1H3,(H,32,33). The molecule has 1 aromatic heterocycles. The van der Waals surface area contributed by atoms with E-state index in [2.05, 4.69) is 21.8 Å². The molecule has 7 heteroatoms. The van der Waals surface area contributed by atoms with E-state index < -0.39 is 0 Å². The van der Waals surface area contributed by atoms with Crippen molar-refractivity contribution in [2.45, 2.75) is 58.2 Å². The number of aromatic amines is 1. The van der Waals surface area contributed by atoms with Gasteiger partial charge in [0.2, 0.25) is 0 Å². The Hall–Kier alpha value is -3.61. The molecule has 1 fully saturated rings. The van der Waals surface area contributed by atoms with Crippen molar-refractivity contribution in [1.29, 1.82) is 5.41 Å². The fourth-order valence-electron chi connectivity index (χ4n) is 5.05. The lowest BCUT2D eigenvalue weighted by molar-refractivity contribution is 0.316. The van der Waals surface area contributed by atoms with E-state index >= 15 is 0 Å². The number of imidazole rings is 1. The number of anilines is 1. The minimum atomic E-state index is -0.275. The summed E-state index contributed by atoms with van der Waals surface area (Å²) >= 11 is 0. The first kappa shape index (κ1) is 22.2. The van der Waals surface area contributed by atoms with Crippen LogP contribution in [0.25, 0.3) is 11.1 Å². The molecule has 1 aliphatic heterocycles. The van der Waals surface area contributed by atoms with Crippen LogP contribution in [0, 0.1) is 11.2 Å². The summed E-state index contributed by atoms with van der Waals surface area (Å²) in [5.41, 5.74) is 12.4. The number of fused-ring (bicyclic) bond motifs is 1. The lowest BCUT2D eigenvalue weighted by Gasteiger charge is -2.25. The smallest absolute Gasteiger partial charge is 0.156 e. The van der Waals surface area contributed by atoms with Crippen molar-refractivity contribution in [3.8, 4) is 11.1 Å². The molecule has 0 radical (unpaired) electrons. The average Bonchev–Trinajstić information content (AvgIpc) is 3.55. The SMILES string of the molecule is C=C(NC1CCCC1)N1Cc2nc(C(=N)c3ccc(-c4cc(F)ccc4CC)cc3N)[nH]c2C1. The molecule has 3 aromatic rings. The number of nitrogen functional groups attached to an aromatic ring is 1. The summed E-state index contributed by atoms with van der Waals surface area (Å²) in [5, 5.41) is 12.3. The lowest BCUT2D eigenvalue weighted by atomic mass is 9.95. The highest BCUT2D eigenvalue weighted by Gasteiger charge is 2.27. The van der Waals surface area contributed by atoms with Gasteiger partial charge in [-0.25, -0.2) is 9.37 Å². The number of hydrogen-bond acceptors (Lipinski definition) is 5. The number of hydrogen-bond donors (Lipinski definition) is 4. The zero-order valence-corrected chi connectivity index (χ0v) is 19.5. The first-order chi connectivity index (χ1) is 16.4. The zero-order valence-electron chi connectivity index (χ0n) is 19.5. The Morgan fingerprint density at radius 1 is 1.24 bits per heavy atom. The van der Waals surface area contributed by atoms with Crippen LogP contribution in [-0.2, 0) is 19.5 Å². The summed E-state index contributed by atoms with van der Waals surface area (Å²) in [6.45, 7) is 7.63. The van der Waals surface area contributed by atoms with Crippen LogP contribution in [0.5, 0.6) is 0 Å². The molecule has 0 amide bonds. The second-order valence-electron chi connectivity index (χ2n) is 9.27. The molecular weight excluding hydrogens is 427 g/mol. The molecule has 5 rings (SSSR count). The molecule has 1 saturated carbocycles. The van der Waals surface area contributed by atoms with Gasteiger partial charge in [0.1, 0.15) is 11.5 Å². The average molecular weight is 459 g/mol. The van der Waals surface area contributed by atoms with E-state index in [0.717, 1.165) is 40.3 Å². The maximum atomic E-state index is 13.9. The highest BCUT2D eigenvalue weighted by atomic mass is 19.1. The van der Waals surface area contributed by atoms with Crippen LogP contribution >= 0.6 is 0 Å². The Labute approximate surface area is 199 Å². The van der Waals surface area contributed by atoms with Crippen molar-refractivity contribution >= 4 is 11.4 Å². The second kappa shape index (κ2) is 8.97. The summed E-state index contributed by atoms with van der Waals surface area (Å²) in [5.74, 6) is 1.18. The van der Waals surface area contributed by atoms with Gasteiger partial charge in [-0.1, -0.05) is 44.5 Å². The van der Waals surface area contributed by atoms with E-state index in [1.807, 2.05) is 31.2 Å². The van der Waals surface area contributed by atoms with E-state index in [1.54, 1.807) is 0 Å². The number of rotatable bonds is 7. The molecule has 0 saturated heterocycles. The summed E-state index contributed by atoms with van der Waals surface area (Å²) in [7, 11) is 0. The van der Waals surface area contributed by atoms with Gasteiger partial charge >= 0.3 is 0 Å². The van der Waals surface area contributed by atoms with Crippen LogP contribution in [0.2, 0.25) is 0 Å². The van der Waals surface area contributed by atoms with Crippen LogP contribution in [0.1, 0.15) is 60.9 Å². The number of benzene rings is 2. The van der Waals surface area contributed by atoms with Crippen LogP contribution in [0.15, 0.2) is 48.8 Å². The largest absolute Gasteiger partial charge is 0.398 e. The van der Waals surface area contributed by atoms with Gasteiger partial charge in [-0.2, -0.15) is 0 Å². The van der Waals surface area contributed by atoms with Gasteiger partial charge in [-0.3, -0.25) is 5.41 Å². The normalized spacial score (nSPS) is 15.5. The molecule has 2 heterocycles. The van der Waals surface area contributed by atoms with Crippen LogP contribution < -0.4 is 11.1 Å². The molecule has 0 atom stereocenters. The Balaban J connectivity index is 1.31.